The van der Waals surface area contributed by atoms with E-state index >= 15 is 0 Å². The molecule has 6 heteroatoms. The fourth-order valence-electron chi connectivity index (χ4n) is 1.72. The standard InChI is InChI=1S/C14H19NO5/c1-9(2)7-17-3-4-18-14(16)10-5-12-13(6-11(10)15)20-8-19-12/h5-6,9H,3-4,7-8,15H2,1-2H3. The predicted octanol–water partition coefficient (Wildman–Crippen LogP) is 1.83. The molecule has 1 aliphatic heterocycles. The van der Waals surface area contributed by atoms with Crippen molar-refractivity contribution in [3.8, 4) is 11.5 Å². The highest BCUT2D eigenvalue weighted by Crippen LogP contribution is 2.36. The Morgan fingerprint density at radius 2 is 2.00 bits per heavy atom. The lowest BCUT2D eigenvalue weighted by atomic mass is 10.1. The van der Waals surface area contributed by atoms with Crippen LogP contribution in [0.4, 0.5) is 5.69 Å². The third kappa shape index (κ3) is 3.54. The van der Waals surface area contributed by atoms with Crippen LogP contribution < -0.4 is 15.2 Å². The minimum Gasteiger partial charge on any atom is -0.460 e. The Hall–Kier alpha value is -1.95. The molecule has 0 saturated heterocycles. The minimum atomic E-state index is -0.492. The quantitative estimate of drug-likeness (QED) is 0.487. The zero-order valence-corrected chi connectivity index (χ0v) is 11.7. The molecule has 1 heterocycles. The van der Waals surface area contributed by atoms with Gasteiger partial charge in [0.15, 0.2) is 11.5 Å². The van der Waals surface area contributed by atoms with Gasteiger partial charge in [-0.3, -0.25) is 0 Å². The minimum absolute atomic E-state index is 0.135. The van der Waals surface area contributed by atoms with Crippen molar-refractivity contribution in [2.75, 3.05) is 32.3 Å². The van der Waals surface area contributed by atoms with E-state index < -0.39 is 5.97 Å². The van der Waals surface area contributed by atoms with Gasteiger partial charge in [0.1, 0.15) is 6.61 Å². The molecule has 0 unspecified atom stereocenters. The lowest BCUT2D eigenvalue weighted by Gasteiger charge is -2.09. The number of ether oxygens (including phenoxy) is 4. The first-order valence-electron chi connectivity index (χ1n) is 6.52. The van der Waals surface area contributed by atoms with Gasteiger partial charge in [0.05, 0.1) is 17.9 Å². The SMILES string of the molecule is CC(C)COCCOC(=O)c1cc2c(cc1N)OCO2. The fourth-order valence-corrected chi connectivity index (χ4v) is 1.72. The van der Waals surface area contributed by atoms with Crippen LogP contribution in [0.2, 0.25) is 0 Å². The second-order valence-electron chi connectivity index (χ2n) is 4.90. The lowest BCUT2D eigenvalue weighted by Crippen LogP contribution is -2.14. The van der Waals surface area contributed by atoms with Gasteiger partial charge in [-0.25, -0.2) is 4.79 Å². The number of nitrogens with two attached hydrogens (primary N) is 1. The molecule has 2 rings (SSSR count). The Kier molecular flexibility index (Phi) is 4.68. The third-order valence-electron chi connectivity index (χ3n) is 2.68. The second kappa shape index (κ2) is 6.47. The number of hydrogen-bond donors (Lipinski definition) is 1. The van der Waals surface area contributed by atoms with Gasteiger partial charge < -0.3 is 24.7 Å². The molecule has 0 aliphatic carbocycles. The third-order valence-corrected chi connectivity index (χ3v) is 2.68. The van der Waals surface area contributed by atoms with Gasteiger partial charge in [0, 0.05) is 18.7 Å². The maximum absolute atomic E-state index is 11.9. The average Bonchev–Trinajstić information content (AvgIpc) is 2.83. The molecule has 110 valence electrons. The molecule has 2 N–H and O–H groups in total. The van der Waals surface area contributed by atoms with Crippen LogP contribution in [-0.2, 0) is 9.47 Å². The van der Waals surface area contributed by atoms with Crippen molar-refractivity contribution in [1.29, 1.82) is 0 Å². The van der Waals surface area contributed by atoms with Crippen molar-refractivity contribution >= 4 is 11.7 Å². The number of nitrogen functional groups attached to an aromatic ring is 1. The van der Waals surface area contributed by atoms with E-state index in [2.05, 4.69) is 13.8 Å². The summed E-state index contributed by atoms with van der Waals surface area (Å²) in [7, 11) is 0. The zero-order valence-electron chi connectivity index (χ0n) is 11.7. The molecule has 0 bridgehead atoms. The van der Waals surface area contributed by atoms with Gasteiger partial charge in [-0.05, 0) is 5.92 Å². The molecule has 1 aromatic carbocycles. The highest BCUT2D eigenvalue weighted by molar-refractivity contribution is 5.96. The van der Waals surface area contributed by atoms with Gasteiger partial charge in [0.25, 0.3) is 0 Å². The van der Waals surface area contributed by atoms with E-state index in [1.165, 1.54) is 6.07 Å². The number of esters is 1. The van der Waals surface area contributed by atoms with Gasteiger partial charge in [-0.2, -0.15) is 0 Å². The molecule has 0 radical (unpaired) electrons. The van der Waals surface area contributed by atoms with Crippen molar-refractivity contribution in [2.45, 2.75) is 13.8 Å². The van der Waals surface area contributed by atoms with E-state index in [9.17, 15) is 4.79 Å². The zero-order chi connectivity index (χ0) is 14.5. The predicted molar refractivity (Wildman–Crippen MR) is 72.9 cm³/mol. The van der Waals surface area contributed by atoms with Crippen molar-refractivity contribution < 1.29 is 23.7 Å². The molecule has 20 heavy (non-hydrogen) atoms. The molecule has 1 aliphatic rings. The average molecular weight is 281 g/mol. The maximum atomic E-state index is 11.9. The lowest BCUT2D eigenvalue weighted by molar-refractivity contribution is 0.0278. The Labute approximate surface area is 117 Å². The number of hydrogen-bond acceptors (Lipinski definition) is 6. The van der Waals surface area contributed by atoms with Crippen molar-refractivity contribution in [3.05, 3.63) is 17.7 Å². The smallest absolute Gasteiger partial charge is 0.340 e. The number of rotatable bonds is 6. The van der Waals surface area contributed by atoms with E-state index in [0.717, 1.165) is 0 Å². The van der Waals surface area contributed by atoms with Crippen molar-refractivity contribution in [3.63, 3.8) is 0 Å². The molecule has 6 nitrogen and oxygen atoms in total. The number of fused-ring (bicyclic) bond motifs is 1. The summed E-state index contributed by atoms with van der Waals surface area (Å²) in [6, 6.07) is 3.10. The van der Waals surface area contributed by atoms with Gasteiger partial charge in [-0.1, -0.05) is 13.8 Å². The van der Waals surface area contributed by atoms with Crippen LogP contribution in [0, 0.1) is 5.92 Å². The fraction of sp³-hybridized carbons (Fsp3) is 0.500. The molecule has 0 atom stereocenters. The number of anilines is 1. The largest absolute Gasteiger partial charge is 0.460 e. The first kappa shape index (κ1) is 14.5. The van der Waals surface area contributed by atoms with Gasteiger partial charge in [-0.15, -0.1) is 0 Å². The highest BCUT2D eigenvalue weighted by atomic mass is 16.7. The van der Waals surface area contributed by atoms with Gasteiger partial charge in [0.2, 0.25) is 6.79 Å². The van der Waals surface area contributed by atoms with Crippen LogP contribution in [0.15, 0.2) is 12.1 Å². The molecule has 0 fully saturated rings. The van der Waals surface area contributed by atoms with Crippen LogP contribution in [0.5, 0.6) is 11.5 Å². The summed E-state index contributed by atoms with van der Waals surface area (Å²) in [5.74, 6) is 1.01. The second-order valence-corrected chi connectivity index (χ2v) is 4.90. The summed E-state index contributed by atoms with van der Waals surface area (Å²) in [6.07, 6.45) is 0. The van der Waals surface area contributed by atoms with Gasteiger partial charge >= 0.3 is 5.97 Å². The Bertz CT molecular complexity index is 487. The highest BCUT2D eigenvalue weighted by Gasteiger charge is 2.20. The Morgan fingerprint density at radius 3 is 2.70 bits per heavy atom. The van der Waals surface area contributed by atoms with E-state index in [0.29, 0.717) is 36.3 Å². The van der Waals surface area contributed by atoms with Crippen LogP contribution >= 0.6 is 0 Å². The van der Waals surface area contributed by atoms with E-state index in [-0.39, 0.29) is 19.0 Å². The van der Waals surface area contributed by atoms with Crippen LogP contribution in [0.25, 0.3) is 0 Å². The summed E-state index contributed by atoms with van der Waals surface area (Å²) in [6.45, 7) is 5.45. The number of benzene rings is 1. The van der Waals surface area contributed by atoms with Crippen LogP contribution in [0.1, 0.15) is 24.2 Å². The van der Waals surface area contributed by atoms with Crippen molar-refractivity contribution in [2.24, 2.45) is 5.92 Å². The van der Waals surface area contributed by atoms with Crippen molar-refractivity contribution in [1.82, 2.24) is 0 Å². The Morgan fingerprint density at radius 1 is 1.30 bits per heavy atom. The summed E-state index contributed by atoms with van der Waals surface area (Å²) in [4.78, 5) is 11.9. The molecule has 0 amide bonds. The monoisotopic (exact) mass is 281 g/mol. The summed E-state index contributed by atoms with van der Waals surface area (Å²) < 4.78 is 20.8. The molecular weight excluding hydrogens is 262 g/mol. The molecule has 0 spiro atoms. The molecular formula is C14H19NO5. The first-order valence-corrected chi connectivity index (χ1v) is 6.52. The topological polar surface area (TPSA) is 80.0 Å². The molecule has 0 saturated carbocycles. The van der Waals surface area contributed by atoms with E-state index in [1.807, 2.05) is 0 Å². The summed E-state index contributed by atoms with van der Waals surface area (Å²) in [5.41, 5.74) is 6.38. The van der Waals surface area contributed by atoms with E-state index in [4.69, 9.17) is 24.7 Å². The number of carbonyl (C=O) groups is 1. The molecule has 0 aromatic heterocycles. The van der Waals surface area contributed by atoms with Crippen LogP contribution in [-0.4, -0.2) is 32.6 Å². The maximum Gasteiger partial charge on any atom is 0.340 e. The van der Waals surface area contributed by atoms with E-state index in [1.54, 1.807) is 6.07 Å². The number of carbonyl (C=O) groups excluding carboxylic acids is 1. The molecule has 1 aromatic rings. The first-order chi connectivity index (χ1) is 9.58. The van der Waals surface area contributed by atoms with Crippen LogP contribution in [0.3, 0.4) is 0 Å². The summed E-state index contributed by atoms with van der Waals surface area (Å²) in [5, 5.41) is 0. The summed E-state index contributed by atoms with van der Waals surface area (Å²) >= 11 is 0. The Balaban J connectivity index is 1.86. The normalized spacial score (nSPS) is 12.8.